The van der Waals surface area contributed by atoms with E-state index in [0.717, 1.165) is 37.3 Å². The lowest BCUT2D eigenvalue weighted by atomic mass is 10.2. The van der Waals surface area contributed by atoms with Gasteiger partial charge >= 0.3 is 6.18 Å². The lowest BCUT2D eigenvalue weighted by Crippen LogP contribution is -2.07. The Kier molecular flexibility index (Phi) is 7.07. The van der Waals surface area contributed by atoms with Gasteiger partial charge in [0.1, 0.15) is 0 Å². The number of benzene rings is 1. The molecular weight excluding hydrogens is 339 g/mol. The predicted molar refractivity (Wildman–Crippen MR) is 79.9 cm³/mol. The van der Waals surface area contributed by atoms with Crippen molar-refractivity contribution in [2.24, 2.45) is 0 Å². The van der Waals surface area contributed by atoms with Crippen LogP contribution in [0.3, 0.4) is 0 Å². The molecular formula is C13H17BrF3NS. The summed E-state index contributed by atoms with van der Waals surface area (Å²) in [7, 11) is 0. The molecule has 0 aliphatic carbocycles. The first-order valence-corrected chi connectivity index (χ1v) is 8.23. The lowest BCUT2D eigenvalue weighted by Gasteiger charge is -2.12. The molecule has 1 rings (SSSR count). The number of hydrogen-bond donors (Lipinski definition) is 1. The molecule has 0 unspecified atom stereocenters. The fraction of sp³-hybridized carbons (Fsp3) is 0.538. The summed E-state index contributed by atoms with van der Waals surface area (Å²) in [5.41, 5.74) is 0.0720. The molecule has 1 N–H and O–H groups in total. The average Bonchev–Trinajstić information content (AvgIpc) is 2.34. The Morgan fingerprint density at radius 3 is 2.53 bits per heavy atom. The molecule has 0 radical (unpaired) electrons. The van der Waals surface area contributed by atoms with Gasteiger partial charge < -0.3 is 5.32 Å². The number of unbranched alkanes of at least 4 members (excludes halogenated alkanes) is 2. The minimum Gasteiger partial charge on any atom is -0.384 e. The van der Waals surface area contributed by atoms with Gasteiger partial charge in [-0.2, -0.15) is 24.9 Å². The highest BCUT2D eigenvalue weighted by atomic mass is 79.9. The largest absolute Gasteiger partial charge is 0.416 e. The second kappa shape index (κ2) is 8.04. The van der Waals surface area contributed by atoms with E-state index in [-0.39, 0.29) is 0 Å². The lowest BCUT2D eigenvalue weighted by molar-refractivity contribution is -0.137. The molecule has 6 heteroatoms. The molecule has 0 fully saturated rings. The highest BCUT2D eigenvalue weighted by Crippen LogP contribution is 2.33. The van der Waals surface area contributed by atoms with Crippen LogP contribution in [0.5, 0.6) is 0 Å². The van der Waals surface area contributed by atoms with E-state index in [1.165, 1.54) is 12.5 Å². The highest BCUT2D eigenvalue weighted by Gasteiger charge is 2.30. The standard InChI is InChI=1S/C13H17BrF3NS/c1-19-8-4-2-3-7-18-12-6-5-10(9-11(12)14)13(15,16)17/h5-6,9,18H,2-4,7-8H2,1H3. The zero-order valence-corrected chi connectivity index (χ0v) is 13.1. The van der Waals surface area contributed by atoms with E-state index in [1.54, 1.807) is 0 Å². The van der Waals surface area contributed by atoms with E-state index < -0.39 is 11.7 Å². The molecule has 0 amide bonds. The molecule has 1 aromatic carbocycles. The first kappa shape index (κ1) is 16.7. The van der Waals surface area contributed by atoms with Gasteiger partial charge in [-0.05, 0) is 59.0 Å². The molecule has 108 valence electrons. The van der Waals surface area contributed by atoms with Crippen LogP contribution in [0.15, 0.2) is 22.7 Å². The summed E-state index contributed by atoms with van der Waals surface area (Å²) >= 11 is 5.00. The van der Waals surface area contributed by atoms with Crippen molar-refractivity contribution in [3.05, 3.63) is 28.2 Å². The summed E-state index contributed by atoms with van der Waals surface area (Å²) in [6.07, 6.45) is 1.12. The van der Waals surface area contributed by atoms with Crippen molar-refractivity contribution in [3.8, 4) is 0 Å². The quantitative estimate of drug-likeness (QED) is 0.656. The number of alkyl halides is 3. The van der Waals surface area contributed by atoms with Gasteiger partial charge in [0, 0.05) is 16.7 Å². The second-order valence-electron chi connectivity index (χ2n) is 4.17. The first-order chi connectivity index (χ1) is 8.95. The van der Waals surface area contributed by atoms with Crippen molar-refractivity contribution in [2.45, 2.75) is 25.4 Å². The summed E-state index contributed by atoms with van der Waals surface area (Å²) in [6, 6.07) is 3.67. The molecule has 0 saturated carbocycles. The van der Waals surface area contributed by atoms with Crippen molar-refractivity contribution in [3.63, 3.8) is 0 Å². The molecule has 19 heavy (non-hydrogen) atoms. The molecule has 0 aliphatic rings. The maximum Gasteiger partial charge on any atom is 0.416 e. The molecule has 0 aromatic heterocycles. The maximum atomic E-state index is 12.5. The van der Waals surface area contributed by atoms with Gasteiger partial charge in [-0.15, -0.1) is 0 Å². The number of rotatable bonds is 7. The summed E-state index contributed by atoms with van der Waals surface area (Å²) in [6.45, 7) is 0.776. The van der Waals surface area contributed by atoms with E-state index in [1.807, 2.05) is 11.8 Å². The van der Waals surface area contributed by atoms with Gasteiger partial charge in [-0.1, -0.05) is 6.42 Å². The number of nitrogens with one attached hydrogen (secondary N) is 1. The minimum atomic E-state index is -4.29. The molecule has 0 atom stereocenters. The third-order valence-electron chi connectivity index (χ3n) is 2.64. The highest BCUT2D eigenvalue weighted by molar-refractivity contribution is 9.10. The van der Waals surface area contributed by atoms with Crippen LogP contribution in [0.1, 0.15) is 24.8 Å². The minimum absolute atomic E-state index is 0.450. The van der Waals surface area contributed by atoms with Gasteiger partial charge in [0.2, 0.25) is 0 Å². The SMILES string of the molecule is CSCCCCCNc1ccc(C(F)(F)F)cc1Br. The van der Waals surface area contributed by atoms with Crippen LogP contribution in [0, 0.1) is 0 Å². The number of hydrogen-bond acceptors (Lipinski definition) is 2. The number of thioether (sulfide) groups is 1. The fourth-order valence-corrected chi connectivity index (χ4v) is 2.62. The fourth-order valence-electron chi connectivity index (χ4n) is 1.61. The van der Waals surface area contributed by atoms with Crippen molar-refractivity contribution < 1.29 is 13.2 Å². The van der Waals surface area contributed by atoms with E-state index in [9.17, 15) is 13.2 Å². The Bertz CT molecular complexity index is 396. The first-order valence-electron chi connectivity index (χ1n) is 6.04. The van der Waals surface area contributed by atoms with Gasteiger partial charge in [0.25, 0.3) is 0 Å². The summed E-state index contributed by atoms with van der Waals surface area (Å²) in [5.74, 6) is 1.16. The average molecular weight is 356 g/mol. The van der Waals surface area contributed by atoms with Gasteiger partial charge in [0.15, 0.2) is 0 Å². The molecule has 1 nitrogen and oxygen atoms in total. The topological polar surface area (TPSA) is 12.0 Å². The van der Waals surface area contributed by atoms with E-state index in [4.69, 9.17) is 0 Å². The summed E-state index contributed by atoms with van der Waals surface area (Å²) in [4.78, 5) is 0. The van der Waals surface area contributed by atoms with Crippen molar-refractivity contribution in [2.75, 3.05) is 23.9 Å². The molecule has 0 bridgehead atoms. The van der Waals surface area contributed by atoms with Crippen LogP contribution in [-0.4, -0.2) is 18.6 Å². The number of halogens is 4. The Labute approximate surface area is 124 Å². The maximum absolute atomic E-state index is 12.5. The van der Waals surface area contributed by atoms with Crippen LogP contribution >= 0.6 is 27.7 Å². The molecule has 0 heterocycles. The number of anilines is 1. The van der Waals surface area contributed by atoms with Crippen molar-refractivity contribution in [1.82, 2.24) is 0 Å². The zero-order chi connectivity index (χ0) is 14.3. The monoisotopic (exact) mass is 355 g/mol. The van der Waals surface area contributed by atoms with Crippen LogP contribution in [0.2, 0.25) is 0 Å². The molecule has 0 aliphatic heterocycles. The normalized spacial score (nSPS) is 11.6. The van der Waals surface area contributed by atoms with E-state index in [0.29, 0.717) is 10.2 Å². The van der Waals surface area contributed by atoms with Gasteiger partial charge in [-0.25, -0.2) is 0 Å². The van der Waals surface area contributed by atoms with Gasteiger partial charge in [-0.3, -0.25) is 0 Å². The van der Waals surface area contributed by atoms with Crippen LogP contribution in [0.4, 0.5) is 18.9 Å². The molecule has 0 saturated heterocycles. The Hall–Kier alpha value is -0.360. The summed E-state index contributed by atoms with van der Waals surface area (Å²) < 4.78 is 37.9. The van der Waals surface area contributed by atoms with Crippen LogP contribution in [0.25, 0.3) is 0 Å². The van der Waals surface area contributed by atoms with Crippen molar-refractivity contribution in [1.29, 1.82) is 0 Å². The zero-order valence-electron chi connectivity index (χ0n) is 10.7. The second-order valence-corrected chi connectivity index (χ2v) is 6.01. The Morgan fingerprint density at radius 1 is 1.21 bits per heavy atom. The van der Waals surface area contributed by atoms with Gasteiger partial charge in [0.05, 0.1) is 5.56 Å². The smallest absolute Gasteiger partial charge is 0.384 e. The Morgan fingerprint density at radius 2 is 1.95 bits per heavy atom. The molecule has 1 aromatic rings. The molecule has 0 spiro atoms. The van der Waals surface area contributed by atoms with Crippen LogP contribution in [-0.2, 0) is 6.18 Å². The summed E-state index contributed by atoms with van der Waals surface area (Å²) in [5, 5.41) is 3.15. The third kappa shape index (κ3) is 6.08. The van der Waals surface area contributed by atoms with Crippen LogP contribution < -0.4 is 5.32 Å². The predicted octanol–water partition coefficient (Wildman–Crippen LogP) is 5.41. The third-order valence-corrected chi connectivity index (χ3v) is 3.99. The van der Waals surface area contributed by atoms with Crippen molar-refractivity contribution >= 4 is 33.4 Å². The van der Waals surface area contributed by atoms with E-state index >= 15 is 0 Å². The Balaban J connectivity index is 2.43. The van der Waals surface area contributed by atoms with E-state index in [2.05, 4.69) is 27.5 Å².